The number of carboxylic acids is 1. The summed E-state index contributed by atoms with van der Waals surface area (Å²) in [6.07, 6.45) is 1.59. The van der Waals surface area contributed by atoms with Crippen LogP contribution in [0.3, 0.4) is 0 Å². The van der Waals surface area contributed by atoms with E-state index in [4.69, 9.17) is 5.11 Å². The van der Waals surface area contributed by atoms with E-state index < -0.39 is 12.1 Å². The summed E-state index contributed by atoms with van der Waals surface area (Å²) >= 11 is 0. The van der Waals surface area contributed by atoms with Crippen LogP contribution < -0.4 is 0 Å². The molecule has 0 radical (unpaired) electrons. The van der Waals surface area contributed by atoms with Crippen LogP contribution in [0.2, 0.25) is 0 Å². The van der Waals surface area contributed by atoms with Crippen LogP contribution >= 0.6 is 0 Å². The SMILES string of the molecule is O=C(O)C(O)c1cc2ncccn2n1. The first kappa shape index (κ1) is 8.64. The lowest BCUT2D eigenvalue weighted by molar-refractivity contribution is -0.147. The molecule has 6 nitrogen and oxygen atoms in total. The third kappa shape index (κ3) is 1.31. The molecule has 2 heterocycles. The minimum absolute atomic E-state index is 0.0798. The molecule has 0 aliphatic rings. The molecule has 72 valence electrons. The zero-order valence-corrected chi connectivity index (χ0v) is 7.03. The Morgan fingerprint density at radius 2 is 2.36 bits per heavy atom. The monoisotopic (exact) mass is 193 g/mol. The molecule has 0 aliphatic carbocycles. The maximum absolute atomic E-state index is 10.5. The largest absolute Gasteiger partial charge is 0.479 e. The van der Waals surface area contributed by atoms with Gasteiger partial charge in [-0.1, -0.05) is 0 Å². The van der Waals surface area contributed by atoms with Crippen LogP contribution in [-0.4, -0.2) is 30.8 Å². The zero-order valence-electron chi connectivity index (χ0n) is 7.03. The predicted octanol–water partition coefficient (Wildman–Crippen LogP) is -0.153. The Kier molecular flexibility index (Phi) is 1.90. The van der Waals surface area contributed by atoms with Crippen molar-refractivity contribution in [2.45, 2.75) is 6.10 Å². The molecule has 2 aromatic rings. The predicted molar refractivity (Wildman–Crippen MR) is 45.6 cm³/mol. The lowest BCUT2D eigenvalue weighted by Gasteiger charge is -1.97. The van der Waals surface area contributed by atoms with Crippen LogP contribution in [0.5, 0.6) is 0 Å². The highest BCUT2D eigenvalue weighted by Crippen LogP contribution is 2.12. The van der Waals surface area contributed by atoms with E-state index in [1.165, 1.54) is 10.6 Å². The summed E-state index contributed by atoms with van der Waals surface area (Å²) in [5.41, 5.74) is 0.582. The molecule has 2 N–H and O–H groups in total. The Hall–Kier alpha value is -1.95. The zero-order chi connectivity index (χ0) is 10.1. The highest BCUT2D eigenvalue weighted by molar-refractivity contribution is 5.73. The number of aromatic nitrogens is 3. The molecule has 0 saturated heterocycles. The van der Waals surface area contributed by atoms with Gasteiger partial charge in [0.25, 0.3) is 0 Å². The minimum Gasteiger partial charge on any atom is -0.479 e. The van der Waals surface area contributed by atoms with Crippen LogP contribution in [0.4, 0.5) is 0 Å². The minimum atomic E-state index is -1.60. The fraction of sp³-hybridized carbons (Fsp3) is 0.125. The smallest absolute Gasteiger partial charge is 0.338 e. The van der Waals surface area contributed by atoms with Gasteiger partial charge in [0.2, 0.25) is 0 Å². The van der Waals surface area contributed by atoms with Crippen LogP contribution in [0.25, 0.3) is 5.65 Å². The van der Waals surface area contributed by atoms with Crippen molar-refractivity contribution < 1.29 is 15.0 Å². The van der Waals surface area contributed by atoms with Crippen molar-refractivity contribution >= 4 is 11.6 Å². The fourth-order valence-electron chi connectivity index (χ4n) is 1.11. The summed E-state index contributed by atoms with van der Waals surface area (Å²) in [6, 6.07) is 3.09. The summed E-state index contributed by atoms with van der Waals surface area (Å²) < 4.78 is 1.40. The van der Waals surface area contributed by atoms with Gasteiger partial charge in [-0.25, -0.2) is 14.3 Å². The summed E-state index contributed by atoms with van der Waals surface area (Å²) in [5.74, 6) is -1.33. The quantitative estimate of drug-likeness (QED) is 0.692. The first-order valence-corrected chi connectivity index (χ1v) is 3.89. The number of aliphatic hydroxyl groups excluding tert-OH is 1. The molecule has 1 atom stereocenters. The Balaban J connectivity index is 2.50. The molecule has 0 aliphatic heterocycles. The standard InChI is InChI=1S/C8H7N3O3/c12-7(8(13)14)5-4-6-9-2-1-3-11(6)10-5/h1-4,7,12H,(H,13,14). The van der Waals surface area contributed by atoms with Crippen LogP contribution in [0.15, 0.2) is 24.5 Å². The first-order valence-electron chi connectivity index (χ1n) is 3.89. The number of hydrogen-bond acceptors (Lipinski definition) is 4. The Morgan fingerprint density at radius 3 is 3.00 bits per heavy atom. The highest BCUT2D eigenvalue weighted by atomic mass is 16.4. The second kappa shape index (κ2) is 3.08. The van der Waals surface area contributed by atoms with Gasteiger partial charge in [-0.2, -0.15) is 5.10 Å². The Labute approximate surface area is 78.4 Å². The summed E-state index contributed by atoms with van der Waals surface area (Å²) in [6.45, 7) is 0. The number of hydrogen-bond donors (Lipinski definition) is 2. The van der Waals surface area contributed by atoms with Gasteiger partial charge in [0, 0.05) is 18.5 Å². The molecule has 0 fully saturated rings. The van der Waals surface area contributed by atoms with Crippen molar-refractivity contribution in [3.63, 3.8) is 0 Å². The fourth-order valence-corrected chi connectivity index (χ4v) is 1.11. The number of nitrogens with zero attached hydrogens (tertiary/aromatic N) is 3. The molecular weight excluding hydrogens is 186 g/mol. The number of carboxylic acid groups (broad SMARTS) is 1. The van der Waals surface area contributed by atoms with Crippen molar-refractivity contribution in [3.8, 4) is 0 Å². The molecule has 0 spiro atoms. The average Bonchev–Trinajstić information content (AvgIpc) is 2.59. The Bertz CT molecular complexity index is 446. The molecule has 14 heavy (non-hydrogen) atoms. The summed E-state index contributed by atoms with van der Waals surface area (Å²) in [7, 11) is 0. The lowest BCUT2D eigenvalue weighted by atomic mass is 10.2. The third-order valence-electron chi connectivity index (χ3n) is 1.77. The van der Waals surface area contributed by atoms with Gasteiger partial charge < -0.3 is 10.2 Å². The topological polar surface area (TPSA) is 87.7 Å². The van der Waals surface area contributed by atoms with Crippen molar-refractivity contribution in [1.82, 2.24) is 14.6 Å². The molecule has 0 bridgehead atoms. The first-order chi connectivity index (χ1) is 6.68. The van der Waals surface area contributed by atoms with Crippen molar-refractivity contribution in [2.75, 3.05) is 0 Å². The summed E-state index contributed by atoms with van der Waals surface area (Å²) in [4.78, 5) is 14.4. The molecule has 0 amide bonds. The van der Waals surface area contributed by atoms with Gasteiger partial charge in [0.1, 0.15) is 5.69 Å². The number of rotatable bonds is 2. The number of aliphatic carboxylic acids is 1. The van der Waals surface area contributed by atoms with Gasteiger partial charge in [-0.05, 0) is 6.07 Å². The van der Waals surface area contributed by atoms with Gasteiger partial charge in [-0.3, -0.25) is 0 Å². The lowest BCUT2D eigenvalue weighted by Crippen LogP contribution is -2.10. The van der Waals surface area contributed by atoms with E-state index in [0.717, 1.165) is 0 Å². The van der Waals surface area contributed by atoms with Gasteiger partial charge in [0.05, 0.1) is 0 Å². The van der Waals surface area contributed by atoms with Gasteiger partial charge >= 0.3 is 5.97 Å². The van der Waals surface area contributed by atoms with Gasteiger partial charge in [0.15, 0.2) is 11.8 Å². The maximum atomic E-state index is 10.5. The number of carbonyl (C=O) groups is 1. The third-order valence-corrected chi connectivity index (χ3v) is 1.77. The molecule has 1 unspecified atom stereocenters. The number of aliphatic hydroxyl groups is 1. The summed E-state index contributed by atoms with van der Waals surface area (Å²) in [5, 5.41) is 21.6. The second-order valence-corrected chi connectivity index (χ2v) is 2.73. The van der Waals surface area contributed by atoms with E-state index in [2.05, 4.69) is 10.1 Å². The van der Waals surface area contributed by atoms with Crippen molar-refractivity contribution in [1.29, 1.82) is 0 Å². The molecule has 0 aromatic carbocycles. The maximum Gasteiger partial charge on any atom is 0.338 e. The van der Waals surface area contributed by atoms with Crippen LogP contribution in [0, 0.1) is 0 Å². The number of fused-ring (bicyclic) bond motifs is 1. The Morgan fingerprint density at radius 1 is 1.57 bits per heavy atom. The van der Waals surface area contributed by atoms with Crippen molar-refractivity contribution in [2.24, 2.45) is 0 Å². The molecule has 6 heteroatoms. The molecule has 2 rings (SSSR count). The molecular formula is C8H7N3O3. The molecule has 2 aromatic heterocycles. The van der Waals surface area contributed by atoms with E-state index >= 15 is 0 Å². The van der Waals surface area contributed by atoms with E-state index in [-0.39, 0.29) is 5.69 Å². The van der Waals surface area contributed by atoms with E-state index in [9.17, 15) is 9.90 Å². The molecule has 0 saturated carbocycles. The second-order valence-electron chi connectivity index (χ2n) is 2.73. The van der Waals surface area contributed by atoms with E-state index in [1.807, 2.05) is 0 Å². The van der Waals surface area contributed by atoms with E-state index in [1.54, 1.807) is 18.5 Å². The van der Waals surface area contributed by atoms with Gasteiger partial charge in [-0.15, -0.1) is 0 Å². The average molecular weight is 193 g/mol. The normalized spacial score (nSPS) is 12.9. The highest BCUT2D eigenvalue weighted by Gasteiger charge is 2.19. The van der Waals surface area contributed by atoms with Crippen LogP contribution in [-0.2, 0) is 4.79 Å². The van der Waals surface area contributed by atoms with E-state index in [0.29, 0.717) is 5.65 Å². The van der Waals surface area contributed by atoms with Crippen LogP contribution in [0.1, 0.15) is 11.8 Å². The van der Waals surface area contributed by atoms with Crippen molar-refractivity contribution in [3.05, 3.63) is 30.2 Å².